The molecule has 0 saturated carbocycles. The average Bonchev–Trinajstić information content (AvgIpc) is 2.90. The predicted molar refractivity (Wildman–Crippen MR) is 76.8 cm³/mol. The van der Waals surface area contributed by atoms with Crippen molar-refractivity contribution in [1.29, 1.82) is 0 Å². The van der Waals surface area contributed by atoms with Gasteiger partial charge in [0.15, 0.2) is 5.65 Å². The van der Waals surface area contributed by atoms with Crippen LogP contribution < -0.4 is 5.32 Å². The van der Waals surface area contributed by atoms with E-state index in [2.05, 4.69) is 15.4 Å². The Kier molecular flexibility index (Phi) is 3.13. The molecule has 0 atom stereocenters. The lowest BCUT2D eigenvalue weighted by molar-refractivity contribution is 0.102. The van der Waals surface area contributed by atoms with E-state index in [0.29, 0.717) is 5.65 Å². The third kappa shape index (κ3) is 2.47. The van der Waals surface area contributed by atoms with Crippen molar-refractivity contribution in [3.63, 3.8) is 0 Å². The highest BCUT2D eigenvalue weighted by Gasteiger charge is 2.13. The van der Waals surface area contributed by atoms with E-state index < -0.39 is 11.7 Å². The van der Waals surface area contributed by atoms with E-state index >= 15 is 0 Å². The van der Waals surface area contributed by atoms with Crippen molar-refractivity contribution in [3.05, 3.63) is 59.3 Å². The van der Waals surface area contributed by atoms with Crippen molar-refractivity contribution < 1.29 is 9.18 Å². The lowest BCUT2D eigenvalue weighted by Gasteiger charge is -2.08. The van der Waals surface area contributed by atoms with Crippen molar-refractivity contribution >= 4 is 17.2 Å². The first-order chi connectivity index (χ1) is 10.0. The summed E-state index contributed by atoms with van der Waals surface area (Å²) in [5.41, 5.74) is 2.50. The monoisotopic (exact) mass is 284 g/mol. The van der Waals surface area contributed by atoms with E-state index in [1.54, 1.807) is 35.8 Å². The van der Waals surface area contributed by atoms with Gasteiger partial charge in [-0.15, -0.1) is 0 Å². The number of fused-ring (bicyclic) bond motifs is 1. The van der Waals surface area contributed by atoms with E-state index in [1.165, 1.54) is 12.1 Å². The minimum absolute atomic E-state index is 0.137. The topological polar surface area (TPSA) is 59.3 Å². The van der Waals surface area contributed by atoms with Gasteiger partial charge >= 0.3 is 0 Å². The number of amides is 1. The Balaban J connectivity index is 1.93. The fourth-order valence-corrected chi connectivity index (χ4v) is 2.09. The molecular weight excluding hydrogens is 271 g/mol. The largest absolute Gasteiger partial charge is 0.318 e. The molecule has 1 N–H and O–H groups in total. The van der Waals surface area contributed by atoms with Crippen LogP contribution in [-0.2, 0) is 0 Å². The SMILES string of the molecule is Cc1ccc(NC(=O)c2cc(C)n3nccc3n2)c(F)c1. The molecule has 0 aliphatic carbocycles. The molecule has 0 aliphatic rings. The molecule has 0 spiro atoms. The number of anilines is 1. The summed E-state index contributed by atoms with van der Waals surface area (Å²) >= 11 is 0. The molecule has 21 heavy (non-hydrogen) atoms. The van der Waals surface area contributed by atoms with Crippen LogP contribution in [-0.4, -0.2) is 20.5 Å². The fraction of sp³-hybridized carbons (Fsp3) is 0.133. The van der Waals surface area contributed by atoms with E-state index in [0.717, 1.165) is 11.3 Å². The van der Waals surface area contributed by atoms with Gasteiger partial charge in [0.1, 0.15) is 11.5 Å². The highest BCUT2D eigenvalue weighted by molar-refractivity contribution is 6.03. The second kappa shape index (κ2) is 4.97. The summed E-state index contributed by atoms with van der Waals surface area (Å²) in [5, 5.41) is 6.62. The van der Waals surface area contributed by atoms with E-state index in [1.807, 2.05) is 6.92 Å². The molecule has 0 aliphatic heterocycles. The van der Waals surface area contributed by atoms with Crippen molar-refractivity contribution in [2.75, 3.05) is 5.32 Å². The van der Waals surface area contributed by atoms with Gasteiger partial charge in [-0.1, -0.05) is 6.07 Å². The van der Waals surface area contributed by atoms with Crippen molar-refractivity contribution in [2.45, 2.75) is 13.8 Å². The molecule has 1 aromatic carbocycles. The zero-order chi connectivity index (χ0) is 15.0. The number of aryl methyl sites for hydroxylation is 2. The number of benzene rings is 1. The van der Waals surface area contributed by atoms with Crippen molar-refractivity contribution in [1.82, 2.24) is 14.6 Å². The first-order valence-corrected chi connectivity index (χ1v) is 6.43. The highest BCUT2D eigenvalue weighted by atomic mass is 19.1. The van der Waals surface area contributed by atoms with Gasteiger partial charge in [0, 0.05) is 11.8 Å². The smallest absolute Gasteiger partial charge is 0.274 e. The Labute approximate surface area is 120 Å². The zero-order valence-electron chi connectivity index (χ0n) is 11.6. The number of nitrogens with zero attached hydrogens (tertiary/aromatic N) is 3. The molecule has 0 unspecified atom stereocenters. The maximum absolute atomic E-state index is 13.8. The quantitative estimate of drug-likeness (QED) is 0.787. The Morgan fingerprint density at radius 3 is 2.81 bits per heavy atom. The van der Waals surface area contributed by atoms with Gasteiger partial charge in [-0.05, 0) is 37.6 Å². The molecule has 2 aromatic heterocycles. The van der Waals surface area contributed by atoms with Crippen LogP contribution in [0.5, 0.6) is 0 Å². The maximum atomic E-state index is 13.8. The van der Waals surface area contributed by atoms with E-state index in [4.69, 9.17) is 0 Å². The summed E-state index contributed by atoms with van der Waals surface area (Å²) in [7, 11) is 0. The Hall–Kier alpha value is -2.76. The first-order valence-electron chi connectivity index (χ1n) is 6.43. The number of carbonyl (C=O) groups excluding carboxylic acids is 1. The summed E-state index contributed by atoms with van der Waals surface area (Å²) in [6.07, 6.45) is 1.61. The maximum Gasteiger partial charge on any atom is 0.274 e. The lowest BCUT2D eigenvalue weighted by Crippen LogP contribution is -2.16. The Morgan fingerprint density at radius 1 is 1.24 bits per heavy atom. The molecule has 3 aromatic rings. The van der Waals surface area contributed by atoms with Crippen LogP contribution in [0.2, 0.25) is 0 Å². The van der Waals surface area contributed by atoms with Gasteiger partial charge in [0.05, 0.1) is 11.9 Å². The number of carbonyl (C=O) groups is 1. The highest BCUT2D eigenvalue weighted by Crippen LogP contribution is 2.16. The summed E-state index contributed by atoms with van der Waals surface area (Å²) in [4.78, 5) is 16.4. The van der Waals surface area contributed by atoms with E-state index in [9.17, 15) is 9.18 Å². The summed E-state index contributed by atoms with van der Waals surface area (Å²) < 4.78 is 15.4. The van der Waals surface area contributed by atoms with Gasteiger partial charge < -0.3 is 5.32 Å². The third-order valence-corrected chi connectivity index (χ3v) is 3.14. The second-order valence-corrected chi connectivity index (χ2v) is 4.82. The molecule has 0 fully saturated rings. The molecule has 2 heterocycles. The van der Waals surface area contributed by atoms with Crippen LogP contribution in [0.4, 0.5) is 10.1 Å². The number of nitrogens with one attached hydrogen (secondary N) is 1. The summed E-state index contributed by atoms with van der Waals surface area (Å²) in [5.74, 6) is -0.921. The van der Waals surface area contributed by atoms with Gasteiger partial charge in [0.25, 0.3) is 5.91 Å². The van der Waals surface area contributed by atoms with Gasteiger partial charge in [0.2, 0.25) is 0 Å². The molecule has 5 nitrogen and oxygen atoms in total. The van der Waals surface area contributed by atoms with Crippen LogP contribution in [0.25, 0.3) is 5.65 Å². The molecule has 0 bridgehead atoms. The summed E-state index contributed by atoms with van der Waals surface area (Å²) in [6, 6.07) is 7.95. The minimum atomic E-state index is -0.467. The molecule has 0 radical (unpaired) electrons. The number of aromatic nitrogens is 3. The molecule has 6 heteroatoms. The number of rotatable bonds is 2. The molecule has 0 saturated heterocycles. The minimum Gasteiger partial charge on any atom is -0.318 e. The van der Waals surface area contributed by atoms with Crippen molar-refractivity contribution in [2.24, 2.45) is 0 Å². The Morgan fingerprint density at radius 2 is 2.05 bits per heavy atom. The second-order valence-electron chi connectivity index (χ2n) is 4.82. The van der Waals surface area contributed by atoms with Gasteiger partial charge in [-0.3, -0.25) is 4.79 Å². The summed E-state index contributed by atoms with van der Waals surface area (Å²) in [6.45, 7) is 3.61. The van der Waals surface area contributed by atoms with Crippen LogP contribution in [0, 0.1) is 19.7 Å². The van der Waals surface area contributed by atoms with Crippen LogP contribution in [0.1, 0.15) is 21.7 Å². The first kappa shape index (κ1) is 13.2. The Bertz CT molecular complexity index is 841. The molecular formula is C15H13FN4O. The number of hydrogen-bond acceptors (Lipinski definition) is 3. The predicted octanol–water partition coefficient (Wildman–Crippen LogP) is 2.74. The number of hydrogen-bond donors (Lipinski definition) is 1. The van der Waals surface area contributed by atoms with Crippen LogP contribution in [0.3, 0.4) is 0 Å². The van der Waals surface area contributed by atoms with E-state index in [-0.39, 0.29) is 11.4 Å². The molecule has 106 valence electrons. The van der Waals surface area contributed by atoms with Crippen molar-refractivity contribution in [3.8, 4) is 0 Å². The third-order valence-electron chi connectivity index (χ3n) is 3.14. The molecule has 1 amide bonds. The standard InChI is InChI=1S/C15H13FN4O/c1-9-3-4-12(11(16)7-9)19-15(21)13-8-10(2)20-14(18-13)5-6-17-20/h3-8H,1-2H3,(H,19,21). The lowest BCUT2D eigenvalue weighted by atomic mass is 10.2. The normalized spacial score (nSPS) is 10.8. The fourth-order valence-electron chi connectivity index (χ4n) is 2.09. The zero-order valence-corrected chi connectivity index (χ0v) is 11.6. The molecule has 3 rings (SSSR count). The van der Waals surface area contributed by atoms with Gasteiger partial charge in [-0.25, -0.2) is 13.9 Å². The van der Waals surface area contributed by atoms with Gasteiger partial charge in [-0.2, -0.15) is 5.10 Å². The number of halogens is 1. The average molecular weight is 284 g/mol. The van der Waals surface area contributed by atoms with Crippen LogP contribution >= 0.6 is 0 Å². The van der Waals surface area contributed by atoms with Crippen LogP contribution in [0.15, 0.2) is 36.5 Å².